The number of ketones is 1. The SMILES string of the molecule is CN1CCC(S(=O)(=O)NC(COCc2ccccc2)C(=O)c2ccc(-c3ccccc3-c3nn[nH]n3)cc2)CC1. The topological polar surface area (TPSA) is 130 Å². The summed E-state index contributed by atoms with van der Waals surface area (Å²) in [6.07, 6.45) is 1.04. The van der Waals surface area contributed by atoms with Crippen molar-refractivity contribution in [2.45, 2.75) is 30.7 Å². The van der Waals surface area contributed by atoms with Gasteiger partial charge in [-0.3, -0.25) is 4.79 Å². The van der Waals surface area contributed by atoms with Crippen molar-refractivity contribution in [3.63, 3.8) is 0 Å². The summed E-state index contributed by atoms with van der Waals surface area (Å²) < 4.78 is 35.1. The van der Waals surface area contributed by atoms with Gasteiger partial charge in [0.15, 0.2) is 5.78 Å². The summed E-state index contributed by atoms with van der Waals surface area (Å²) in [7, 11) is -1.76. The number of aromatic amines is 1. The maximum absolute atomic E-state index is 13.7. The molecule has 0 saturated carbocycles. The van der Waals surface area contributed by atoms with Crippen LogP contribution in [-0.4, -0.2) is 77.8 Å². The number of benzene rings is 3. The number of piperidine rings is 1. The van der Waals surface area contributed by atoms with Crippen LogP contribution in [0.15, 0.2) is 78.9 Å². The highest BCUT2D eigenvalue weighted by Crippen LogP contribution is 2.30. The molecule has 0 bridgehead atoms. The second kappa shape index (κ2) is 12.6. The van der Waals surface area contributed by atoms with Crippen LogP contribution in [0.3, 0.4) is 0 Å². The van der Waals surface area contributed by atoms with Gasteiger partial charge in [-0.2, -0.15) is 5.21 Å². The van der Waals surface area contributed by atoms with E-state index in [-0.39, 0.29) is 19.0 Å². The Balaban J connectivity index is 1.35. The Morgan fingerprint density at radius 2 is 1.68 bits per heavy atom. The van der Waals surface area contributed by atoms with E-state index in [0.717, 1.165) is 22.3 Å². The van der Waals surface area contributed by atoms with E-state index in [1.54, 1.807) is 12.1 Å². The number of nitrogens with zero attached hydrogens (tertiary/aromatic N) is 4. The minimum atomic E-state index is -3.74. The monoisotopic (exact) mass is 560 g/mol. The lowest BCUT2D eigenvalue weighted by atomic mass is 9.96. The number of carbonyl (C=O) groups excluding carboxylic acids is 1. The van der Waals surface area contributed by atoms with Crippen molar-refractivity contribution >= 4 is 15.8 Å². The summed E-state index contributed by atoms with van der Waals surface area (Å²) in [5.74, 6) is 0.122. The van der Waals surface area contributed by atoms with E-state index in [0.29, 0.717) is 37.3 Å². The predicted octanol–water partition coefficient (Wildman–Crippen LogP) is 3.32. The zero-order valence-corrected chi connectivity index (χ0v) is 23.0. The van der Waals surface area contributed by atoms with Crippen LogP contribution in [0.1, 0.15) is 28.8 Å². The molecule has 40 heavy (non-hydrogen) atoms. The molecule has 0 amide bonds. The minimum absolute atomic E-state index is 0.0814. The number of likely N-dealkylation sites (tertiary alicyclic amines) is 1. The number of Topliss-reactive ketones (excluding diaryl/α,β-unsaturated/α-hetero) is 1. The number of hydrogen-bond acceptors (Lipinski definition) is 8. The maximum Gasteiger partial charge on any atom is 0.215 e. The van der Waals surface area contributed by atoms with Crippen LogP contribution < -0.4 is 4.72 Å². The Bertz CT molecular complexity index is 1500. The van der Waals surface area contributed by atoms with Gasteiger partial charge in [-0.1, -0.05) is 78.9 Å². The molecule has 1 unspecified atom stereocenters. The van der Waals surface area contributed by atoms with Crippen LogP contribution in [0.4, 0.5) is 0 Å². The second-order valence-electron chi connectivity index (χ2n) is 9.94. The van der Waals surface area contributed by atoms with Crippen LogP contribution in [-0.2, 0) is 21.4 Å². The van der Waals surface area contributed by atoms with E-state index in [4.69, 9.17) is 4.74 Å². The quantitative estimate of drug-likeness (QED) is 0.267. The van der Waals surface area contributed by atoms with E-state index < -0.39 is 21.3 Å². The molecule has 208 valence electrons. The van der Waals surface area contributed by atoms with Crippen molar-refractivity contribution in [3.8, 4) is 22.5 Å². The molecule has 0 aliphatic carbocycles. The zero-order valence-electron chi connectivity index (χ0n) is 22.2. The average Bonchev–Trinajstić information content (AvgIpc) is 3.52. The van der Waals surface area contributed by atoms with E-state index in [1.165, 1.54) is 0 Å². The van der Waals surface area contributed by atoms with Gasteiger partial charge in [0.05, 0.1) is 18.5 Å². The number of ether oxygens (including phenoxy) is 1. The Morgan fingerprint density at radius 3 is 2.35 bits per heavy atom. The molecular weight excluding hydrogens is 528 g/mol. The lowest BCUT2D eigenvalue weighted by molar-refractivity contribution is 0.0761. The van der Waals surface area contributed by atoms with Crippen molar-refractivity contribution in [1.82, 2.24) is 30.2 Å². The Morgan fingerprint density at radius 1 is 1.00 bits per heavy atom. The average molecular weight is 561 g/mol. The number of sulfonamides is 1. The number of rotatable bonds is 11. The molecule has 2 N–H and O–H groups in total. The highest BCUT2D eigenvalue weighted by atomic mass is 32.2. The van der Waals surface area contributed by atoms with Crippen molar-refractivity contribution in [2.24, 2.45) is 0 Å². The minimum Gasteiger partial charge on any atom is -0.375 e. The first-order valence-electron chi connectivity index (χ1n) is 13.2. The summed E-state index contributed by atoms with van der Waals surface area (Å²) >= 11 is 0. The number of nitrogens with one attached hydrogen (secondary N) is 2. The van der Waals surface area contributed by atoms with Gasteiger partial charge in [0, 0.05) is 11.1 Å². The summed E-state index contributed by atoms with van der Waals surface area (Å²) in [4.78, 5) is 15.8. The highest BCUT2D eigenvalue weighted by Gasteiger charge is 2.33. The molecule has 1 aliphatic heterocycles. The van der Waals surface area contributed by atoms with Crippen molar-refractivity contribution in [1.29, 1.82) is 0 Å². The van der Waals surface area contributed by atoms with Crippen LogP contribution in [0.5, 0.6) is 0 Å². The number of tetrazole rings is 1. The number of hydrogen-bond donors (Lipinski definition) is 2. The third kappa shape index (κ3) is 6.68. The first-order chi connectivity index (χ1) is 19.4. The lowest BCUT2D eigenvalue weighted by Crippen LogP contribution is -2.49. The molecular formula is C29H32N6O4S. The van der Waals surface area contributed by atoms with Crippen molar-refractivity contribution in [2.75, 3.05) is 26.7 Å². The number of carbonyl (C=O) groups is 1. The number of H-pyrrole nitrogens is 1. The summed E-state index contributed by atoms with van der Waals surface area (Å²) in [6, 6.07) is 23.2. The molecule has 0 spiro atoms. The third-order valence-corrected chi connectivity index (χ3v) is 9.08. The molecule has 4 aromatic rings. The first-order valence-corrected chi connectivity index (χ1v) is 14.7. The summed E-state index contributed by atoms with van der Waals surface area (Å²) in [6.45, 7) is 1.58. The van der Waals surface area contributed by atoms with Gasteiger partial charge < -0.3 is 9.64 Å². The fourth-order valence-corrected chi connectivity index (χ4v) is 6.44. The molecule has 10 nitrogen and oxygen atoms in total. The third-order valence-electron chi connectivity index (χ3n) is 7.12. The normalized spacial score (nSPS) is 15.6. The van der Waals surface area contributed by atoms with E-state index in [2.05, 4.69) is 30.2 Å². The maximum atomic E-state index is 13.7. The molecule has 1 atom stereocenters. The van der Waals surface area contributed by atoms with Gasteiger partial charge in [-0.15, -0.1) is 10.2 Å². The largest absolute Gasteiger partial charge is 0.375 e. The zero-order chi connectivity index (χ0) is 28.0. The van der Waals surface area contributed by atoms with Gasteiger partial charge in [0.25, 0.3) is 0 Å². The Hall–Kier alpha value is -3.77. The van der Waals surface area contributed by atoms with Crippen LogP contribution in [0.2, 0.25) is 0 Å². The molecule has 11 heteroatoms. The van der Waals surface area contributed by atoms with Crippen molar-refractivity contribution < 1.29 is 17.9 Å². The Kier molecular flexibility index (Phi) is 8.75. The fourth-order valence-electron chi connectivity index (χ4n) is 4.84. The van der Waals surface area contributed by atoms with Gasteiger partial charge in [0.1, 0.15) is 6.04 Å². The molecule has 1 saturated heterocycles. The van der Waals surface area contributed by atoms with E-state index >= 15 is 0 Å². The first kappa shape index (κ1) is 27.8. The second-order valence-corrected chi connectivity index (χ2v) is 11.9. The van der Waals surface area contributed by atoms with Gasteiger partial charge in [-0.05, 0) is 54.9 Å². The highest BCUT2D eigenvalue weighted by molar-refractivity contribution is 7.90. The summed E-state index contributed by atoms with van der Waals surface area (Å²) in [5.41, 5.74) is 3.87. The molecule has 3 aromatic carbocycles. The van der Waals surface area contributed by atoms with Gasteiger partial charge in [0.2, 0.25) is 15.8 Å². The lowest BCUT2D eigenvalue weighted by Gasteiger charge is -2.30. The molecule has 0 radical (unpaired) electrons. The number of aromatic nitrogens is 4. The molecule has 1 aromatic heterocycles. The molecule has 5 rings (SSSR count). The van der Waals surface area contributed by atoms with Gasteiger partial charge >= 0.3 is 0 Å². The Labute approximate surface area is 233 Å². The molecule has 2 heterocycles. The molecule has 1 fully saturated rings. The smallest absolute Gasteiger partial charge is 0.215 e. The summed E-state index contributed by atoms with van der Waals surface area (Å²) in [5, 5.41) is 13.7. The van der Waals surface area contributed by atoms with Crippen molar-refractivity contribution in [3.05, 3.63) is 90.0 Å². The molecule has 1 aliphatic rings. The predicted molar refractivity (Wildman–Crippen MR) is 152 cm³/mol. The standard InChI is InChI=1S/C29H32N6O4S/c1-35-17-15-24(16-18-35)40(37,38)32-27(20-39-19-21-7-3-2-4-8-21)28(36)23-13-11-22(12-14-23)25-9-5-6-10-26(25)29-30-33-34-31-29/h2-14,24,27,32H,15-20H2,1H3,(H,30,31,33,34). The van der Waals surface area contributed by atoms with Gasteiger partial charge in [-0.25, -0.2) is 13.1 Å². The fraction of sp³-hybridized carbons (Fsp3) is 0.310. The van der Waals surface area contributed by atoms with Crippen LogP contribution in [0.25, 0.3) is 22.5 Å². The van der Waals surface area contributed by atoms with E-state index in [9.17, 15) is 13.2 Å². The van der Waals surface area contributed by atoms with E-state index in [1.807, 2.05) is 73.8 Å². The van der Waals surface area contributed by atoms with Crippen LogP contribution >= 0.6 is 0 Å². The van der Waals surface area contributed by atoms with Crippen LogP contribution in [0, 0.1) is 0 Å².